The highest BCUT2D eigenvalue weighted by Crippen LogP contribution is 2.44. The highest BCUT2D eigenvalue weighted by atomic mass is 35.5. The van der Waals surface area contributed by atoms with Gasteiger partial charge in [-0.3, -0.25) is 0 Å². The molecule has 4 heteroatoms. The number of aliphatic hydroxyl groups is 1. The summed E-state index contributed by atoms with van der Waals surface area (Å²) in [5.74, 6) is 0. The van der Waals surface area contributed by atoms with Crippen molar-refractivity contribution >= 4 is 11.6 Å². The maximum Gasteiger partial charge on any atom is 0.133 e. The van der Waals surface area contributed by atoms with E-state index < -0.39 is 0 Å². The van der Waals surface area contributed by atoms with E-state index >= 15 is 0 Å². The number of pyridine rings is 1. The third kappa shape index (κ3) is 2.68. The first-order chi connectivity index (χ1) is 7.26. The van der Waals surface area contributed by atoms with E-state index in [0.29, 0.717) is 11.7 Å². The van der Waals surface area contributed by atoms with Crippen LogP contribution in [-0.4, -0.2) is 23.2 Å². The Kier molecular flexibility index (Phi) is 3.24. The lowest BCUT2D eigenvalue weighted by atomic mass is 10.1. The summed E-state index contributed by atoms with van der Waals surface area (Å²) in [6.45, 7) is 1.85. The van der Waals surface area contributed by atoms with E-state index in [2.05, 4.69) is 10.3 Å². The summed E-state index contributed by atoms with van der Waals surface area (Å²) >= 11 is 5.92. The quantitative estimate of drug-likeness (QED) is 0.750. The Morgan fingerprint density at radius 2 is 2.33 bits per heavy atom. The summed E-state index contributed by atoms with van der Waals surface area (Å²) in [7, 11) is 0. The number of nitrogens with zero attached hydrogens (tertiary/aromatic N) is 1. The van der Waals surface area contributed by atoms with Crippen molar-refractivity contribution < 1.29 is 5.11 Å². The van der Waals surface area contributed by atoms with Crippen LogP contribution >= 0.6 is 11.6 Å². The molecule has 2 rings (SSSR count). The topological polar surface area (TPSA) is 45.1 Å². The number of hydrogen-bond acceptors (Lipinski definition) is 3. The van der Waals surface area contributed by atoms with Gasteiger partial charge >= 0.3 is 0 Å². The fourth-order valence-corrected chi connectivity index (χ4v) is 1.77. The van der Waals surface area contributed by atoms with E-state index in [1.807, 2.05) is 12.1 Å². The van der Waals surface area contributed by atoms with Crippen LogP contribution in [0, 0.1) is 5.41 Å². The number of hydrogen-bond donors (Lipinski definition) is 2. The summed E-state index contributed by atoms with van der Waals surface area (Å²) in [5.41, 5.74) is 1.15. The lowest BCUT2D eigenvalue weighted by Crippen LogP contribution is -2.26. The Bertz CT molecular complexity index is 339. The van der Waals surface area contributed by atoms with Crippen LogP contribution in [0.2, 0.25) is 5.15 Å². The molecule has 1 aromatic rings. The fourth-order valence-electron chi connectivity index (χ4n) is 1.58. The Balaban J connectivity index is 1.81. The molecule has 15 heavy (non-hydrogen) atoms. The third-order valence-electron chi connectivity index (χ3n) is 2.94. The van der Waals surface area contributed by atoms with Gasteiger partial charge in [0, 0.05) is 36.9 Å². The zero-order valence-corrected chi connectivity index (χ0v) is 9.30. The maximum atomic E-state index is 9.13. The summed E-state index contributed by atoms with van der Waals surface area (Å²) in [6.07, 6.45) is 3.93. The molecule has 1 saturated carbocycles. The van der Waals surface area contributed by atoms with Crippen LogP contribution in [0.25, 0.3) is 0 Å². The second-order valence-corrected chi connectivity index (χ2v) is 4.57. The van der Waals surface area contributed by atoms with Gasteiger partial charge in [-0.15, -0.1) is 0 Å². The van der Waals surface area contributed by atoms with Crippen LogP contribution in [0.15, 0.2) is 18.3 Å². The summed E-state index contributed by atoms with van der Waals surface area (Å²) in [4.78, 5) is 4.01. The number of nitrogens with one attached hydrogen (secondary N) is 1. The van der Waals surface area contributed by atoms with Gasteiger partial charge in [0.1, 0.15) is 5.15 Å². The lowest BCUT2D eigenvalue weighted by molar-refractivity contribution is 0.207. The van der Waals surface area contributed by atoms with Crippen LogP contribution < -0.4 is 5.32 Å². The number of aliphatic hydroxyl groups excluding tert-OH is 1. The molecule has 0 amide bonds. The molecule has 2 N–H and O–H groups in total. The van der Waals surface area contributed by atoms with Crippen LogP contribution in [0.5, 0.6) is 0 Å². The van der Waals surface area contributed by atoms with Gasteiger partial charge in [0.15, 0.2) is 0 Å². The minimum atomic E-state index is 0.148. The molecule has 0 atom stereocenters. The van der Waals surface area contributed by atoms with E-state index in [1.165, 1.54) is 0 Å². The highest BCUT2D eigenvalue weighted by Gasteiger charge is 2.41. The first kappa shape index (κ1) is 10.9. The zero-order chi connectivity index (χ0) is 10.7. The lowest BCUT2D eigenvalue weighted by Gasteiger charge is -2.12. The van der Waals surface area contributed by atoms with E-state index in [-0.39, 0.29) is 12.0 Å². The van der Waals surface area contributed by atoms with Crippen molar-refractivity contribution in [3.05, 3.63) is 29.0 Å². The zero-order valence-electron chi connectivity index (χ0n) is 8.54. The van der Waals surface area contributed by atoms with Crippen molar-refractivity contribution in [3.8, 4) is 0 Å². The number of rotatable bonds is 5. The van der Waals surface area contributed by atoms with Gasteiger partial charge in [-0.05, 0) is 18.9 Å². The van der Waals surface area contributed by atoms with Crippen molar-refractivity contribution in [3.63, 3.8) is 0 Å². The van der Waals surface area contributed by atoms with E-state index in [1.54, 1.807) is 6.20 Å². The van der Waals surface area contributed by atoms with Gasteiger partial charge in [-0.1, -0.05) is 17.7 Å². The molecule has 0 unspecified atom stereocenters. The molecule has 0 radical (unpaired) electrons. The van der Waals surface area contributed by atoms with E-state index in [4.69, 9.17) is 16.7 Å². The smallest absolute Gasteiger partial charge is 0.133 e. The third-order valence-corrected chi connectivity index (χ3v) is 3.28. The highest BCUT2D eigenvalue weighted by molar-refractivity contribution is 6.30. The molecule has 0 spiro atoms. The van der Waals surface area contributed by atoms with Crippen LogP contribution in [0.1, 0.15) is 18.4 Å². The minimum absolute atomic E-state index is 0.148. The predicted octanol–water partition coefficient (Wildman–Crippen LogP) is 1.60. The molecule has 0 aromatic carbocycles. The largest absolute Gasteiger partial charge is 0.396 e. The van der Waals surface area contributed by atoms with Crippen molar-refractivity contribution in [2.75, 3.05) is 13.2 Å². The van der Waals surface area contributed by atoms with Crippen LogP contribution in [-0.2, 0) is 6.54 Å². The second kappa shape index (κ2) is 4.47. The van der Waals surface area contributed by atoms with Crippen molar-refractivity contribution in [1.82, 2.24) is 10.3 Å². The van der Waals surface area contributed by atoms with Gasteiger partial charge in [0.25, 0.3) is 0 Å². The Morgan fingerprint density at radius 3 is 2.93 bits per heavy atom. The average molecular weight is 227 g/mol. The average Bonchev–Trinajstić information content (AvgIpc) is 3.02. The summed E-state index contributed by atoms with van der Waals surface area (Å²) in [6, 6.07) is 3.84. The van der Waals surface area contributed by atoms with Gasteiger partial charge in [-0.2, -0.15) is 0 Å². The molecule has 1 fully saturated rings. The maximum absolute atomic E-state index is 9.13. The molecule has 1 aromatic heterocycles. The molecule has 0 aliphatic heterocycles. The molecule has 0 bridgehead atoms. The number of aromatic nitrogens is 1. The van der Waals surface area contributed by atoms with Gasteiger partial charge in [0.2, 0.25) is 0 Å². The van der Waals surface area contributed by atoms with Crippen molar-refractivity contribution in [1.29, 1.82) is 0 Å². The molecule has 82 valence electrons. The Morgan fingerprint density at radius 1 is 1.53 bits per heavy atom. The fraction of sp³-hybridized carbons (Fsp3) is 0.545. The Labute approximate surface area is 94.5 Å². The second-order valence-electron chi connectivity index (χ2n) is 4.22. The van der Waals surface area contributed by atoms with Crippen LogP contribution in [0.4, 0.5) is 0 Å². The molecule has 1 aliphatic carbocycles. The monoisotopic (exact) mass is 226 g/mol. The standard InChI is InChI=1S/C11H15ClN2O/c12-10-9(2-1-5-14-10)6-13-7-11(8-15)3-4-11/h1-2,5,13,15H,3-4,6-8H2. The normalized spacial score (nSPS) is 17.7. The van der Waals surface area contributed by atoms with Gasteiger partial charge < -0.3 is 10.4 Å². The molecule has 0 saturated heterocycles. The van der Waals surface area contributed by atoms with Gasteiger partial charge in [0.05, 0.1) is 0 Å². The molecular weight excluding hydrogens is 212 g/mol. The first-order valence-electron chi connectivity index (χ1n) is 5.17. The van der Waals surface area contributed by atoms with Crippen molar-refractivity contribution in [2.24, 2.45) is 5.41 Å². The van der Waals surface area contributed by atoms with Gasteiger partial charge in [-0.25, -0.2) is 4.98 Å². The minimum Gasteiger partial charge on any atom is -0.396 e. The van der Waals surface area contributed by atoms with E-state index in [0.717, 1.165) is 24.9 Å². The molecule has 3 nitrogen and oxygen atoms in total. The molecular formula is C11H15ClN2O. The van der Waals surface area contributed by atoms with Crippen LogP contribution in [0.3, 0.4) is 0 Å². The summed E-state index contributed by atoms with van der Waals surface area (Å²) < 4.78 is 0. The molecule has 1 aliphatic rings. The van der Waals surface area contributed by atoms with Crippen molar-refractivity contribution in [2.45, 2.75) is 19.4 Å². The Hall–Kier alpha value is -0.640. The molecule has 1 heterocycles. The number of halogens is 1. The predicted molar refractivity (Wildman–Crippen MR) is 59.7 cm³/mol. The van der Waals surface area contributed by atoms with E-state index in [9.17, 15) is 0 Å². The summed E-state index contributed by atoms with van der Waals surface area (Å²) in [5, 5.41) is 13.0. The first-order valence-corrected chi connectivity index (χ1v) is 5.55. The SMILES string of the molecule is OCC1(CNCc2cccnc2Cl)CC1.